The van der Waals surface area contributed by atoms with E-state index in [-0.39, 0.29) is 5.84 Å². The van der Waals surface area contributed by atoms with Gasteiger partial charge in [-0.2, -0.15) is 0 Å². The Kier molecular flexibility index (Phi) is 2.35. The third-order valence-corrected chi connectivity index (χ3v) is 2.49. The van der Waals surface area contributed by atoms with Crippen LogP contribution in [0.25, 0.3) is 0 Å². The number of rotatable bonds is 2. The van der Waals surface area contributed by atoms with Crippen LogP contribution in [0, 0.1) is 5.41 Å². The van der Waals surface area contributed by atoms with Gasteiger partial charge in [-0.05, 0) is 25.0 Å². The van der Waals surface area contributed by atoms with Crippen molar-refractivity contribution < 1.29 is 0 Å². The first-order valence-corrected chi connectivity index (χ1v) is 4.83. The lowest BCUT2D eigenvalue weighted by Crippen LogP contribution is -2.23. The molecule has 4 nitrogen and oxygen atoms in total. The first kappa shape index (κ1) is 8.99. The van der Waals surface area contributed by atoms with Crippen LogP contribution >= 0.6 is 0 Å². The highest BCUT2D eigenvalue weighted by Gasteiger charge is 2.16. The van der Waals surface area contributed by atoms with Gasteiger partial charge in [-0.1, -0.05) is 0 Å². The van der Waals surface area contributed by atoms with Gasteiger partial charge in [0.05, 0.1) is 5.69 Å². The molecular weight excluding hydrogens is 176 g/mol. The Balaban J connectivity index is 2.35. The molecule has 0 bridgehead atoms. The van der Waals surface area contributed by atoms with Crippen molar-refractivity contribution in [2.75, 3.05) is 18.0 Å². The van der Waals surface area contributed by atoms with Crippen molar-refractivity contribution >= 4 is 11.5 Å². The van der Waals surface area contributed by atoms with Gasteiger partial charge in [-0.15, -0.1) is 0 Å². The van der Waals surface area contributed by atoms with Gasteiger partial charge in [0.15, 0.2) is 0 Å². The number of anilines is 1. The fourth-order valence-electron chi connectivity index (χ4n) is 1.82. The third-order valence-electron chi connectivity index (χ3n) is 2.49. The number of aromatic nitrogens is 1. The molecule has 1 saturated heterocycles. The standard InChI is InChI=1S/C10H14N4/c11-10(12)9-8(4-3-5-13-9)14-6-1-2-7-14/h3-5H,1-2,6-7H2,(H3,11,12). The predicted octanol–water partition coefficient (Wildman–Crippen LogP) is 0.966. The molecule has 2 rings (SSSR count). The van der Waals surface area contributed by atoms with Crippen LogP contribution in [0.1, 0.15) is 18.5 Å². The molecule has 1 fully saturated rings. The van der Waals surface area contributed by atoms with Gasteiger partial charge in [0.1, 0.15) is 11.5 Å². The lowest BCUT2D eigenvalue weighted by molar-refractivity contribution is 0.949. The highest BCUT2D eigenvalue weighted by atomic mass is 15.2. The van der Waals surface area contributed by atoms with Crippen molar-refractivity contribution in [2.45, 2.75) is 12.8 Å². The van der Waals surface area contributed by atoms with Crippen LogP contribution < -0.4 is 10.6 Å². The molecule has 74 valence electrons. The Hall–Kier alpha value is -1.58. The first-order valence-electron chi connectivity index (χ1n) is 4.83. The molecule has 4 heteroatoms. The topological polar surface area (TPSA) is 66.0 Å². The van der Waals surface area contributed by atoms with Crippen LogP contribution in [0.15, 0.2) is 18.3 Å². The van der Waals surface area contributed by atoms with Gasteiger partial charge >= 0.3 is 0 Å². The Morgan fingerprint density at radius 3 is 2.79 bits per heavy atom. The van der Waals surface area contributed by atoms with E-state index in [9.17, 15) is 0 Å². The average Bonchev–Trinajstić information content (AvgIpc) is 2.70. The van der Waals surface area contributed by atoms with Crippen molar-refractivity contribution in [3.63, 3.8) is 0 Å². The molecule has 0 radical (unpaired) electrons. The summed E-state index contributed by atoms with van der Waals surface area (Å²) in [5.41, 5.74) is 7.08. The van der Waals surface area contributed by atoms with E-state index in [0.717, 1.165) is 18.8 Å². The van der Waals surface area contributed by atoms with E-state index in [2.05, 4.69) is 9.88 Å². The number of nitrogens with one attached hydrogen (secondary N) is 1. The van der Waals surface area contributed by atoms with Gasteiger partial charge < -0.3 is 10.6 Å². The van der Waals surface area contributed by atoms with Crippen LogP contribution in [0.3, 0.4) is 0 Å². The highest BCUT2D eigenvalue weighted by molar-refractivity contribution is 5.98. The summed E-state index contributed by atoms with van der Waals surface area (Å²) in [4.78, 5) is 6.37. The fourth-order valence-corrected chi connectivity index (χ4v) is 1.82. The lowest BCUT2D eigenvalue weighted by atomic mass is 10.2. The van der Waals surface area contributed by atoms with E-state index in [1.165, 1.54) is 12.8 Å². The van der Waals surface area contributed by atoms with Gasteiger partial charge in [-0.3, -0.25) is 10.4 Å². The van der Waals surface area contributed by atoms with E-state index < -0.39 is 0 Å². The van der Waals surface area contributed by atoms with Gasteiger partial charge in [0.2, 0.25) is 0 Å². The second-order valence-corrected chi connectivity index (χ2v) is 3.48. The summed E-state index contributed by atoms with van der Waals surface area (Å²) in [5, 5.41) is 7.43. The van der Waals surface area contributed by atoms with E-state index in [0.29, 0.717) is 5.69 Å². The minimum Gasteiger partial charge on any atom is -0.382 e. The van der Waals surface area contributed by atoms with Crippen molar-refractivity contribution in [1.29, 1.82) is 5.41 Å². The zero-order valence-electron chi connectivity index (χ0n) is 8.03. The number of hydrogen-bond acceptors (Lipinski definition) is 3. The quantitative estimate of drug-likeness (QED) is 0.539. The number of amidine groups is 1. The molecule has 0 aliphatic carbocycles. The molecule has 0 amide bonds. The minimum atomic E-state index is 0.0486. The van der Waals surface area contributed by atoms with Crippen LogP contribution in [0.2, 0.25) is 0 Å². The summed E-state index contributed by atoms with van der Waals surface area (Å²) in [5.74, 6) is 0.0486. The molecule has 0 aromatic carbocycles. The van der Waals surface area contributed by atoms with Crippen molar-refractivity contribution in [2.24, 2.45) is 5.73 Å². The molecule has 3 N–H and O–H groups in total. The zero-order valence-corrected chi connectivity index (χ0v) is 8.03. The smallest absolute Gasteiger partial charge is 0.143 e. The van der Waals surface area contributed by atoms with Crippen molar-refractivity contribution in [1.82, 2.24) is 4.98 Å². The molecule has 0 saturated carbocycles. The maximum Gasteiger partial charge on any atom is 0.143 e. The van der Waals surface area contributed by atoms with Gasteiger partial charge in [-0.25, -0.2) is 0 Å². The summed E-state index contributed by atoms with van der Waals surface area (Å²) in [6, 6.07) is 3.87. The monoisotopic (exact) mass is 190 g/mol. The summed E-state index contributed by atoms with van der Waals surface area (Å²) in [6.07, 6.45) is 4.11. The summed E-state index contributed by atoms with van der Waals surface area (Å²) in [7, 11) is 0. The van der Waals surface area contributed by atoms with E-state index >= 15 is 0 Å². The maximum atomic E-state index is 7.43. The average molecular weight is 190 g/mol. The fraction of sp³-hybridized carbons (Fsp3) is 0.400. The number of nitrogens with two attached hydrogens (primary N) is 1. The molecule has 1 aromatic rings. The van der Waals surface area contributed by atoms with Crippen LogP contribution in [-0.4, -0.2) is 23.9 Å². The SMILES string of the molecule is N=C(N)c1ncccc1N1CCCC1. The minimum absolute atomic E-state index is 0.0486. The normalized spacial score (nSPS) is 15.9. The molecule has 0 atom stereocenters. The molecule has 1 aliphatic rings. The first-order chi connectivity index (χ1) is 6.79. The van der Waals surface area contributed by atoms with Crippen molar-refractivity contribution in [3.05, 3.63) is 24.0 Å². The number of pyridine rings is 1. The van der Waals surface area contributed by atoms with Crippen LogP contribution in [-0.2, 0) is 0 Å². The largest absolute Gasteiger partial charge is 0.382 e. The molecule has 1 aromatic heterocycles. The number of nitrogen functional groups attached to an aromatic ring is 1. The Bertz CT molecular complexity index is 342. The van der Waals surface area contributed by atoms with Crippen LogP contribution in [0.4, 0.5) is 5.69 Å². The molecule has 2 heterocycles. The molecule has 0 spiro atoms. The Morgan fingerprint density at radius 2 is 2.14 bits per heavy atom. The van der Waals surface area contributed by atoms with Gasteiger partial charge in [0, 0.05) is 19.3 Å². The molecular formula is C10H14N4. The predicted molar refractivity (Wildman–Crippen MR) is 56.7 cm³/mol. The zero-order chi connectivity index (χ0) is 9.97. The maximum absolute atomic E-state index is 7.43. The summed E-state index contributed by atoms with van der Waals surface area (Å²) in [6.45, 7) is 2.10. The van der Waals surface area contributed by atoms with Gasteiger partial charge in [0.25, 0.3) is 0 Å². The molecule has 1 aliphatic heterocycles. The Labute approximate surface area is 83.3 Å². The number of hydrogen-bond donors (Lipinski definition) is 2. The van der Waals surface area contributed by atoms with E-state index in [4.69, 9.17) is 11.1 Å². The second kappa shape index (κ2) is 3.65. The van der Waals surface area contributed by atoms with Crippen molar-refractivity contribution in [3.8, 4) is 0 Å². The second-order valence-electron chi connectivity index (χ2n) is 3.48. The Morgan fingerprint density at radius 1 is 1.43 bits per heavy atom. The molecule has 14 heavy (non-hydrogen) atoms. The summed E-state index contributed by atoms with van der Waals surface area (Å²) >= 11 is 0. The molecule has 0 unspecified atom stereocenters. The summed E-state index contributed by atoms with van der Waals surface area (Å²) < 4.78 is 0. The van der Waals surface area contributed by atoms with Crippen LogP contribution in [0.5, 0.6) is 0 Å². The highest BCUT2D eigenvalue weighted by Crippen LogP contribution is 2.22. The van der Waals surface area contributed by atoms with E-state index in [1.54, 1.807) is 6.20 Å². The number of nitrogens with zero attached hydrogens (tertiary/aromatic N) is 2. The van der Waals surface area contributed by atoms with E-state index in [1.807, 2.05) is 12.1 Å². The third kappa shape index (κ3) is 1.55. The lowest BCUT2D eigenvalue weighted by Gasteiger charge is -2.19.